The molecular formula is C22H21NO4. The zero-order valence-electron chi connectivity index (χ0n) is 15.2. The largest absolute Gasteiger partial charge is 0.469 e. The number of carbonyl (C=O) groups is 1. The van der Waals surface area contributed by atoms with E-state index in [9.17, 15) is 4.79 Å². The minimum atomic E-state index is -0.547. The van der Waals surface area contributed by atoms with Crippen molar-refractivity contribution in [2.45, 2.75) is 23.9 Å². The maximum absolute atomic E-state index is 13.0. The minimum Gasteiger partial charge on any atom is -0.469 e. The Kier molecular flexibility index (Phi) is 3.04. The molecule has 1 aliphatic carbocycles. The van der Waals surface area contributed by atoms with Crippen LogP contribution in [0.2, 0.25) is 0 Å². The molecule has 4 aliphatic rings. The molecule has 2 bridgehead atoms. The first-order valence-electron chi connectivity index (χ1n) is 9.47. The van der Waals surface area contributed by atoms with Crippen LogP contribution < -0.4 is 0 Å². The van der Waals surface area contributed by atoms with Gasteiger partial charge in [-0.3, -0.25) is 9.63 Å². The highest BCUT2D eigenvalue weighted by molar-refractivity contribution is 5.77. The Balaban J connectivity index is 1.45. The molecule has 2 saturated heterocycles. The fourth-order valence-corrected chi connectivity index (χ4v) is 6.03. The summed E-state index contributed by atoms with van der Waals surface area (Å²) in [6, 6.07) is 18.3. The lowest BCUT2D eigenvalue weighted by Crippen LogP contribution is -2.35. The molecule has 3 aliphatic heterocycles. The van der Waals surface area contributed by atoms with Crippen molar-refractivity contribution in [1.82, 2.24) is 5.06 Å². The Bertz CT molecular complexity index is 894. The van der Waals surface area contributed by atoms with E-state index in [1.54, 1.807) is 0 Å². The number of rotatable bonds is 2. The number of carbonyl (C=O) groups excluding carboxylic acids is 1. The van der Waals surface area contributed by atoms with E-state index in [1.807, 2.05) is 30.3 Å². The molecule has 3 heterocycles. The smallest absolute Gasteiger partial charge is 0.313 e. The van der Waals surface area contributed by atoms with Crippen molar-refractivity contribution < 1.29 is 19.1 Å². The summed E-state index contributed by atoms with van der Waals surface area (Å²) in [7, 11) is 3.39. The third-order valence-electron chi connectivity index (χ3n) is 6.97. The third-order valence-corrected chi connectivity index (χ3v) is 6.97. The fourth-order valence-electron chi connectivity index (χ4n) is 6.03. The van der Waals surface area contributed by atoms with Crippen molar-refractivity contribution >= 4 is 5.97 Å². The number of fused-ring (bicyclic) bond motifs is 10. The van der Waals surface area contributed by atoms with Gasteiger partial charge in [0.15, 0.2) is 0 Å². The summed E-state index contributed by atoms with van der Waals surface area (Å²) < 4.78 is 11.5. The summed E-state index contributed by atoms with van der Waals surface area (Å²) >= 11 is 0. The maximum Gasteiger partial charge on any atom is 0.313 e. The van der Waals surface area contributed by atoms with Crippen molar-refractivity contribution in [3.63, 3.8) is 0 Å². The summed E-state index contributed by atoms with van der Waals surface area (Å²) in [6.45, 7) is 0. The van der Waals surface area contributed by atoms with Gasteiger partial charge in [-0.25, -0.2) is 0 Å². The molecule has 138 valence electrons. The van der Waals surface area contributed by atoms with Gasteiger partial charge in [0.1, 0.15) is 11.5 Å². The van der Waals surface area contributed by atoms with Gasteiger partial charge in [-0.05, 0) is 16.7 Å². The van der Waals surface area contributed by atoms with Crippen LogP contribution in [-0.4, -0.2) is 30.8 Å². The van der Waals surface area contributed by atoms with Crippen molar-refractivity contribution in [2.24, 2.45) is 17.8 Å². The Hall–Kier alpha value is -2.21. The first kappa shape index (κ1) is 15.8. The van der Waals surface area contributed by atoms with Crippen LogP contribution in [0.1, 0.15) is 34.9 Å². The van der Waals surface area contributed by atoms with E-state index < -0.39 is 5.60 Å². The highest BCUT2D eigenvalue weighted by Crippen LogP contribution is 2.80. The number of esters is 1. The first-order chi connectivity index (χ1) is 13.2. The molecule has 2 aromatic rings. The molecule has 3 fully saturated rings. The lowest BCUT2D eigenvalue weighted by atomic mass is 9.85. The Morgan fingerprint density at radius 1 is 1.00 bits per heavy atom. The van der Waals surface area contributed by atoms with Crippen LogP contribution in [0.4, 0.5) is 0 Å². The summed E-state index contributed by atoms with van der Waals surface area (Å²) in [4.78, 5) is 19.5. The average molecular weight is 363 g/mol. The topological polar surface area (TPSA) is 48.0 Å². The molecule has 27 heavy (non-hydrogen) atoms. The SMILES string of the molecule is COC(=O)[C@H]1[C@@H](c2ccccc2)N(C)OC12C1C3OC(c4ccccc43)C12. The van der Waals surface area contributed by atoms with E-state index in [4.69, 9.17) is 14.3 Å². The van der Waals surface area contributed by atoms with Gasteiger partial charge in [-0.2, -0.15) is 5.06 Å². The van der Waals surface area contributed by atoms with E-state index in [0.717, 1.165) is 5.56 Å². The molecule has 0 radical (unpaired) electrons. The van der Waals surface area contributed by atoms with E-state index in [1.165, 1.54) is 18.2 Å². The van der Waals surface area contributed by atoms with Crippen LogP contribution in [-0.2, 0) is 19.1 Å². The molecule has 6 rings (SSSR count). The van der Waals surface area contributed by atoms with E-state index in [0.29, 0.717) is 0 Å². The van der Waals surface area contributed by atoms with Crippen LogP contribution >= 0.6 is 0 Å². The number of methoxy groups -OCH3 is 1. The summed E-state index contributed by atoms with van der Waals surface area (Å²) in [5.74, 6) is -0.186. The average Bonchev–Trinajstić information content (AvgIpc) is 3.02. The van der Waals surface area contributed by atoms with Gasteiger partial charge in [0, 0.05) is 18.9 Å². The van der Waals surface area contributed by atoms with Gasteiger partial charge in [-0.15, -0.1) is 0 Å². The molecule has 0 amide bonds. The Labute approximate surface area is 157 Å². The lowest BCUT2D eigenvalue weighted by molar-refractivity contribution is -0.186. The van der Waals surface area contributed by atoms with Gasteiger partial charge < -0.3 is 9.47 Å². The molecule has 0 aromatic heterocycles. The Morgan fingerprint density at radius 2 is 1.59 bits per heavy atom. The predicted molar refractivity (Wildman–Crippen MR) is 96.3 cm³/mol. The molecule has 4 unspecified atom stereocenters. The lowest BCUT2D eigenvalue weighted by Gasteiger charge is -2.24. The van der Waals surface area contributed by atoms with Crippen LogP contribution in [0.5, 0.6) is 0 Å². The minimum absolute atomic E-state index is 0.00581. The second kappa shape index (κ2) is 5.19. The zero-order valence-corrected chi connectivity index (χ0v) is 15.2. The number of hydrogen-bond acceptors (Lipinski definition) is 5. The van der Waals surface area contributed by atoms with E-state index in [2.05, 4.69) is 36.4 Å². The van der Waals surface area contributed by atoms with Crippen LogP contribution in [0.15, 0.2) is 54.6 Å². The third kappa shape index (κ3) is 1.77. The molecule has 0 N–H and O–H groups in total. The standard InChI is InChI=1S/C22H21NO4/c1-23-18(12-8-4-3-5-9-12)17(21(24)25-2)22(27-23)15-16(22)20-14-11-7-6-10-13(14)19(15)26-20/h3-11,15-20H,1-2H3/t15?,16?,17-,18-,19?,20?,22?/m1/s1. The highest BCUT2D eigenvalue weighted by Gasteiger charge is 2.86. The van der Waals surface area contributed by atoms with Gasteiger partial charge in [0.25, 0.3) is 0 Å². The Morgan fingerprint density at radius 3 is 2.19 bits per heavy atom. The molecule has 1 saturated carbocycles. The summed E-state index contributed by atoms with van der Waals surface area (Å²) in [5.41, 5.74) is 3.02. The number of hydrogen-bond donors (Lipinski definition) is 0. The molecule has 6 atom stereocenters. The van der Waals surface area contributed by atoms with Gasteiger partial charge in [-0.1, -0.05) is 54.6 Å². The molecule has 1 spiro atoms. The quantitative estimate of drug-likeness (QED) is 0.767. The van der Waals surface area contributed by atoms with Gasteiger partial charge >= 0.3 is 5.97 Å². The van der Waals surface area contributed by atoms with Crippen LogP contribution in [0.3, 0.4) is 0 Å². The van der Waals surface area contributed by atoms with Crippen LogP contribution in [0, 0.1) is 17.8 Å². The van der Waals surface area contributed by atoms with Crippen molar-refractivity contribution in [3.8, 4) is 0 Å². The summed E-state index contributed by atoms with van der Waals surface area (Å²) in [6.07, 6.45) is 0.0116. The number of benzene rings is 2. The fraction of sp³-hybridized carbons (Fsp3) is 0.409. The molecule has 5 heteroatoms. The van der Waals surface area contributed by atoms with Gasteiger partial charge in [0.05, 0.1) is 25.4 Å². The second-order valence-electron chi connectivity index (χ2n) is 8.01. The van der Waals surface area contributed by atoms with E-state index in [-0.39, 0.29) is 42.0 Å². The maximum atomic E-state index is 13.0. The molecular weight excluding hydrogens is 342 g/mol. The van der Waals surface area contributed by atoms with E-state index >= 15 is 0 Å². The normalized spacial score (nSPS) is 40.8. The predicted octanol–water partition coefficient (Wildman–Crippen LogP) is 3.20. The highest BCUT2D eigenvalue weighted by atomic mass is 16.7. The number of nitrogens with zero attached hydrogens (tertiary/aromatic N) is 1. The van der Waals surface area contributed by atoms with Crippen molar-refractivity contribution in [1.29, 1.82) is 0 Å². The summed E-state index contributed by atoms with van der Waals surface area (Å²) in [5, 5.41) is 1.86. The zero-order chi connectivity index (χ0) is 18.3. The molecule has 5 nitrogen and oxygen atoms in total. The van der Waals surface area contributed by atoms with Crippen LogP contribution in [0.25, 0.3) is 0 Å². The number of hydroxylamine groups is 2. The second-order valence-corrected chi connectivity index (χ2v) is 8.01. The van der Waals surface area contributed by atoms with Crippen molar-refractivity contribution in [3.05, 3.63) is 71.3 Å². The number of ether oxygens (including phenoxy) is 2. The first-order valence-corrected chi connectivity index (χ1v) is 9.47. The van der Waals surface area contributed by atoms with Gasteiger partial charge in [0.2, 0.25) is 0 Å². The van der Waals surface area contributed by atoms with Crippen molar-refractivity contribution in [2.75, 3.05) is 14.2 Å². The molecule has 2 aromatic carbocycles. The monoisotopic (exact) mass is 363 g/mol.